The summed E-state index contributed by atoms with van der Waals surface area (Å²) in [5, 5.41) is 15.4. The molecule has 2 rings (SSSR count). The third-order valence-corrected chi connectivity index (χ3v) is 7.16. The number of nitrogens with two attached hydrogens (primary N) is 1. The Morgan fingerprint density at radius 2 is 1.56 bits per heavy atom. The molecule has 3 amide bonds. The number of hydrogen-bond acceptors (Lipinski definition) is 8. The Labute approximate surface area is 249 Å². The lowest BCUT2D eigenvalue weighted by Crippen LogP contribution is -2.46. The number of alkyl halides is 3. The number of amides is 3. The minimum atomic E-state index is -5.08. The molecule has 43 heavy (non-hydrogen) atoms. The number of methoxy groups -OCH3 is 1. The van der Waals surface area contributed by atoms with Crippen molar-refractivity contribution < 1.29 is 51.4 Å². The molecule has 0 aliphatic rings. The highest BCUT2D eigenvalue weighted by molar-refractivity contribution is 7.18. The summed E-state index contributed by atoms with van der Waals surface area (Å²) in [7, 11) is 1.21. The van der Waals surface area contributed by atoms with Crippen molar-refractivity contribution in [2.24, 2.45) is 11.7 Å². The Hall–Kier alpha value is -4.05. The summed E-state index contributed by atoms with van der Waals surface area (Å²) in [4.78, 5) is 59.4. The summed E-state index contributed by atoms with van der Waals surface area (Å²) in [5.41, 5.74) is 6.87. The average Bonchev–Trinajstić information content (AvgIpc) is 3.26. The maximum atomic E-state index is 13.3. The highest BCUT2D eigenvalue weighted by atomic mass is 32.1. The molecule has 1 aromatic heterocycles. The van der Waals surface area contributed by atoms with Gasteiger partial charge >= 0.3 is 18.1 Å². The molecule has 2 aromatic rings. The van der Waals surface area contributed by atoms with Crippen LogP contribution in [0.1, 0.15) is 64.3 Å². The molecule has 0 bridgehead atoms. The van der Waals surface area contributed by atoms with Gasteiger partial charge in [-0.1, -0.05) is 32.9 Å². The van der Waals surface area contributed by atoms with E-state index in [1.807, 2.05) is 20.8 Å². The number of carbonyl (C=O) groups excluding carboxylic acids is 4. The zero-order valence-electron chi connectivity index (χ0n) is 24.1. The molecule has 11 nitrogen and oxygen atoms in total. The number of benzene rings is 1. The number of thiophene rings is 1. The van der Waals surface area contributed by atoms with Crippen LogP contribution < -0.4 is 21.7 Å². The number of aliphatic carboxylic acids is 1. The predicted molar refractivity (Wildman–Crippen MR) is 150 cm³/mol. The topological polar surface area (TPSA) is 177 Å². The van der Waals surface area contributed by atoms with E-state index in [1.54, 1.807) is 6.92 Å². The number of esters is 1. The van der Waals surface area contributed by atoms with E-state index in [-0.39, 0.29) is 40.4 Å². The van der Waals surface area contributed by atoms with Gasteiger partial charge in [-0.2, -0.15) is 13.2 Å². The molecule has 1 aromatic carbocycles. The smallest absolute Gasteiger partial charge is 0.475 e. The number of carboxylic acids is 1. The molecule has 0 aliphatic carbocycles. The number of anilines is 1. The molecular weight excluding hydrogens is 600 g/mol. The number of rotatable bonds is 11. The van der Waals surface area contributed by atoms with Gasteiger partial charge in [0, 0.05) is 13.1 Å². The summed E-state index contributed by atoms with van der Waals surface area (Å²) < 4.78 is 49.9. The standard InChI is InChI=1S/C25H33FN4O5S.C2HF3O2/c1-6-17(15-7-9-16(26)10-8-15)21(31)30-24-18(25(34)35-5)14(4)20(36-24)23(33)29-12-11-28-22(32)19(27)13(2)3;3-2(4,5)1(6)7/h7-10,13,17,19H,6,11-12,27H2,1-5H3,(H,28,32)(H,29,33)(H,30,31);(H,6,7)/t17?,19-;/m0./s1. The van der Waals surface area contributed by atoms with Crippen molar-refractivity contribution in [2.75, 3.05) is 25.5 Å². The maximum Gasteiger partial charge on any atom is 0.490 e. The first kappa shape index (κ1) is 37.0. The van der Waals surface area contributed by atoms with E-state index in [0.29, 0.717) is 17.5 Å². The lowest BCUT2D eigenvalue weighted by Gasteiger charge is -2.15. The number of carboxylic acid groups (broad SMARTS) is 1. The second-order valence-corrected chi connectivity index (χ2v) is 10.4. The van der Waals surface area contributed by atoms with Crippen LogP contribution in [0.5, 0.6) is 0 Å². The van der Waals surface area contributed by atoms with Crippen molar-refractivity contribution in [2.45, 2.75) is 52.3 Å². The fourth-order valence-corrected chi connectivity index (χ4v) is 4.61. The monoisotopic (exact) mass is 634 g/mol. The van der Waals surface area contributed by atoms with Gasteiger partial charge in [0.25, 0.3) is 5.91 Å². The van der Waals surface area contributed by atoms with E-state index >= 15 is 0 Å². The first-order chi connectivity index (χ1) is 20.0. The highest BCUT2D eigenvalue weighted by Crippen LogP contribution is 2.35. The molecule has 0 spiro atoms. The van der Waals surface area contributed by atoms with E-state index in [9.17, 15) is 36.7 Å². The van der Waals surface area contributed by atoms with Gasteiger partial charge in [-0.05, 0) is 42.5 Å². The van der Waals surface area contributed by atoms with Crippen LogP contribution in [0.25, 0.3) is 0 Å². The Morgan fingerprint density at radius 3 is 2.02 bits per heavy atom. The fourth-order valence-electron chi connectivity index (χ4n) is 3.50. The Kier molecular flexibility index (Phi) is 14.2. The Bertz CT molecular complexity index is 1300. The van der Waals surface area contributed by atoms with E-state index in [2.05, 4.69) is 16.0 Å². The predicted octanol–water partition coefficient (Wildman–Crippen LogP) is 3.58. The molecule has 0 saturated carbocycles. The molecule has 0 saturated heterocycles. The van der Waals surface area contributed by atoms with Crippen molar-refractivity contribution in [3.8, 4) is 0 Å². The highest BCUT2D eigenvalue weighted by Gasteiger charge is 2.38. The van der Waals surface area contributed by atoms with E-state index in [1.165, 1.54) is 31.4 Å². The van der Waals surface area contributed by atoms with Gasteiger partial charge in [-0.3, -0.25) is 14.4 Å². The summed E-state index contributed by atoms with van der Waals surface area (Å²) in [6, 6.07) is 4.99. The zero-order chi connectivity index (χ0) is 33.1. The van der Waals surface area contributed by atoms with Crippen LogP contribution in [-0.2, 0) is 19.1 Å². The average molecular weight is 635 g/mol. The summed E-state index contributed by atoms with van der Waals surface area (Å²) in [6.07, 6.45) is -4.64. The second-order valence-electron chi connectivity index (χ2n) is 9.37. The van der Waals surface area contributed by atoms with Gasteiger partial charge in [0.2, 0.25) is 11.8 Å². The van der Waals surface area contributed by atoms with Gasteiger partial charge < -0.3 is 31.5 Å². The van der Waals surface area contributed by atoms with Crippen molar-refractivity contribution in [3.05, 3.63) is 51.7 Å². The molecule has 1 unspecified atom stereocenters. The molecule has 16 heteroatoms. The first-order valence-corrected chi connectivity index (χ1v) is 13.7. The van der Waals surface area contributed by atoms with Crippen molar-refractivity contribution in [1.29, 1.82) is 0 Å². The number of halogens is 4. The van der Waals surface area contributed by atoms with Gasteiger partial charge in [0.1, 0.15) is 10.8 Å². The number of hydrogen-bond donors (Lipinski definition) is 5. The Balaban J connectivity index is 0.00000117. The number of nitrogens with one attached hydrogen (secondary N) is 3. The normalized spacial score (nSPS) is 12.3. The number of carbonyl (C=O) groups is 5. The first-order valence-electron chi connectivity index (χ1n) is 12.9. The maximum absolute atomic E-state index is 13.3. The SMILES string of the molecule is CCC(C(=O)Nc1sc(C(=O)NCCNC(=O)[C@@H](N)C(C)C)c(C)c1C(=O)OC)c1ccc(F)cc1.O=C(O)C(F)(F)F. The molecule has 6 N–H and O–H groups in total. The van der Waals surface area contributed by atoms with Gasteiger partial charge in [-0.15, -0.1) is 11.3 Å². The second kappa shape index (κ2) is 16.6. The van der Waals surface area contributed by atoms with Crippen LogP contribution in [0.4, 0.5) is 22.6 Å². The molecule has 0 aliphatic heterocycles. The number of ether oxygens (including phenoxy) is 1. The largest absolute Gasteiger partial charge is 0.490 e. The van der Waals surface area contributed by atoms with Crippen molar-refractivity contribution in [3.63, 3.8) is 0 Å². The van der Waals surface area contributed by atoms with Crippen LogP contribution in [0.2, 0.25) is 0 Å². The van der Waals surface area contributed by atoms with E-state index in [0.717, 1.165) is 11.3 Å². The molecule has 238 valence electrons. The van der Waals surface area contributed by atoms with E-state index < -0.39 is 47.7 Å². The van der Waals surface area contributed by atoms with Crippen LogP contribution in [0, 0.1) is 18.7 Å². The molecule has 0 radical (unpaired) electrons. The summed E-state index contributed by atoms with van der Waals surface area (Å²) in [5.74, 6) is -5.63. The molecule has 2 atom stereocenters. The minimum Gasteiger partial charge on any atom is -0.475 e. The quantitative estimate of drug-likeness (QED) is 0.142. The lowest BCUT2D eigenvalue weighted by molar-refractivity contribution is -0.192. The summed E-state index contributed by atoms with van der Waals surface area (Å²) >= 11 is 0.953. The van der Waals surface area contributed by atoms with Gasteiger partial charge in [-0.25, -0.2) is 14.0 Å². The van der Waals surface area contributed by atoms with Crippen LogP contribution in [0.3, 0.4) is 0 Å². The third-order valence-electron chi connectivity index (χ3n) is 5.95. The molecule has 1 heterocycles. The Morgan fingerprint density at radius 1 is 1.02 bits per heavy atom. The molecule has 0 fully saturated rings. The zero-order valence-corrected chi connectivity index (χ0v) is 24.9. The van der Waals surface area contributed by atoms with Crippen LogP contribution in [-0.4, -0.2) is 67.2 Å². The van der Waals surface area contributed by atoms with Crippen LogP contribution >= 0.6 is 11.3 Å². The summed E-state index contributed by atoms with van der Waals surface area (Å²) in [6.45, 7) is 7.41. The third kappa shape index (κ3) is 10.9. The van der Waals surface area contributed by atoms with Crippen LogP contribution in [0.15, 0.2) is 24.3 Å². The van der Waals surface area contributed by atoms with E-state index in [4.69, 9.17) is 20.4 Å². The minimum absolute atomic E-state index is 0.0194. The van der Waals surface area contributed by atoms with Crippen molar-refractivity contribution >= 4 is 46.0 Å². The fraction of sp³-hybridized carbons (Fsp3) is 0.444. The molecular formula is C27H34F4N4O7S. The van der Waals surface area contributed by atoms with Gasteiger partial charge in [0.05, 0.1) is 29.5 Å². The van der Waals surface area contributed by atoms with Gasteiger partial charge in [0.15, 0.2) is 0 Å². The lowest BCUT2D eigenvalue weighted by atomic mass is 9.95. The van der Waals surface area contributed by atoms with Crippen molar-refractivity contribution in [1.82, 2.24) is 10.6 Å².